The Bertz CT molecular complexity index is 307. The van der Waals surface area contributed by atoms with Crippen molar-refractivity contribution in [3.8, 4) is 0 Å². The van der Waals surface area contributed by atoms with Gasteiger partial charge in [0.05, 0.1) is 10.7 Å². The van der Waals surface area contributed by atoms with Crippen molar-refractivity contribution in [2.75, 3.05) is 6.61 Å². The molecule has 0 saturated carbocycles. The predicted octanol–water partition coefficient (Wildman–Crippen LogP) is 3.15. The lowest BCUT2D eigenvalue weighted by Gasteiger charge is -2.16. The van der Waals surface area contributed by atoms with Crippen LogP contribution in [0.1, 0.15) is 38.4 Å². The quantitative estimate of drug-likeness (QED) is 0.830. The molecule has 0 aliphatic rings. The summed E-state index contributed by atoms with van der Waals surface area (Å²) < 4.78 is 0. The first-order valence-corrected chi connectivity index (χ1v) is 6.95. The van der Waals surface area contributed by atoms with E-state index in [1.165, 1.54) is 10.7 Å². The molecule has 1 aromatic heterocycles. The summed E-state index contributed by atoms with van der Waals surface area (Å²) in [6.45, 7) is 9.00. The lowest BCUT2D eigenvalue weighted by atomic mass is 9.94. The van der Waals surface area contributed by atoms with Gasteiger partial charge in [-0.15, -0.1) is 11.3 Å². The fourth-order valence-electron chi connectivity index (χ4n) is 1.69. The molecule has 1 rings (SSSR count). The molecule has 0 fully saturated rings. The van der Waals surface area contributed by atoms with E-state index in [1.807, 2.05) is 0 Å². The van der Waals surface area contributed by atoms with Crippen LogP contribution in [0.25, 0.3) is 0 Å². The van der Waals surface area contributed by atoms with Crippen molar-refractivity contribution in [1.29, 1.82) is 0 Å². The highest BCUT2D eigenvalue weighted by atomic mass is 32.1. The highest BCUT2D eigenvalue weighted by Crippen LogP contribution is 2.20. The molecule has 3 heteroatoms. The first-order valence-electron chi connectivity index (χ1n) is 6.07. The minimum Gasteiger partial charge on any atom is -0.396 e. The Morgan fingerprint density at radius 3 is 2.44 bits per heavy atom. The van der Waals surface area contributed by atoms with Gasteiger partial charge in [-0.3, -0.25) is 0 Å². The molecule has 0 aromatic carbocycles. The van der Waals surface area contributed by atoms with Crippen LogP contribution in [0, 0.1) is 17.8 Å². The molecule has 2 nitrogen and oxygen atoms in total. The van der Waals surface area contributed by atoms with E-state index in [0.29, 0.717) is 17.8 Å². The molecule has 16 heavy (non-hydrogen) atoms. The van der Waals surface area contributed by atoms with Crippen molar-refractivity contribution >= 4 is 11.3 Å². The molecule has 0 bridgehead atoms. The molecule has 1 atom stereocenters. The first kappa shape index (κ1) is 13.7. The second-order valence-electron chi connectivity index (χ2n) is 5.22. The maximum atomic E-state index is 9.29. The lowest BCUT2D eigenvalue weighted by molar-refractivity contribution is 0.189. The Morgan fingerprint density at radius 1 is 1.25 bits per heavy atom. The molecule has 0 aliphatic carbocycles. The third kappa shape index (κ3) is 4.22. The summed E-state index contributed by atoms with van der Waals surface area (Å²) >= 11 is 1.73. The number of aromatic nitrogens is 1. The van der Waals surface area contributed by atoms with Gasteiger partial charge < -0.3 is 5.11 Å². The van der Waals surface area contributed by atoms with E-state index in [-0.39, 0.29) is 6.61 Å². The van der Waals surface area contributed by atoms with Crippen molar-refractivity contribution in [2.45, 2.75) is 40.5 Å². The number of aliphatic hydroxyl groups excluding tert-OH is 1. The zero-order valence-electron chi connectivity index (χ0n) is 10.7. The lowest BCUT2D eigenvalue weighted by Crippen LogP contribution is -2.16. The van der Waals surface area contributed by atoms with E-state index in [4.69, 9.17) is 0 Å². The van der Waals surface area contributed by atoms with Crippen molar-refractivity contribution in [2.24, 2.45) is 17.8 Å². The van der Waals surface area contributed by atoms with Gasteiger partial charge in [0, 0.05) is 18.4 Å². The normalized spacial score (nSPS) is 13.7. The SMILES string of the molecule is CC(C)Cc1csc(CC(CO)C(C)C)n1. The van der Waals surface area contributed by atoms with E-state index >= 15 is 0 Å². The fraction of sp³-hybridized carbons (Fsp3) is 0.769. The van der Waals surface area contributed by atoms with Crippen molar-refractivity contribution in [3.05, 3.63) is 16.1 Å². The number of nitrogens with zero attached hydrogens (tertiary/aromatic N) is 1. The van der Waals surface area contributed by atoms with Crippen LogP contribution in [-0.4, -0.2) is 16.7 Å². The predicted molar refractivity (Wildman–Crippen MR) is 69.8 cm³/mol. The largest absolute Gasteiger partial charge is 0.396 e. The Morgan fingerprint density at radius 2 is 1.94 bits per heavy atom. The van der Waals surface area contributed by atoms with Crippen molar-refractivity contribution in [1.82, 2.24) is 4.98 Å². The molecule has 0 saturated heterocycles. The molecule has 0 radical (unpaired) electrons. The van der Waals surface area contributed by atoms with Gasteiger partial charge in [0.15, 0.2) is 0 Å². The van der Waals surface area contributed by atoms with Crippen LogP contribution in [0.5, 0.6) is 0 Å². The van der Waals surface area contributed by atoms with Crippen LogP contribution in [0.2, 0.25) is 0 Å². The average molecular weight is 241 g/mol. The van der Waals surface area contributed by atoms with Gasteiger partial charge >= 0.3 is 0 Å². The smallest absolute Gasteiger partial charge is 0.0931 e. The van der Waals surface area contributed by atoms with Gasteiger partial charge in [-0.25, -0.2) is 4.98 Å². The number of thiazole rings is 1. The first-order chi connectivity index (χ1) is 7.52. The molecule has 0 aliphatic heterocycles. The monoisotopic (exact) mass is 241 g/mol. The Kier molecular flexibility index (Phi) is 5.42. The van der Waals surface area contributed by atoms with Crippen LogP contribution in [0.15, 0.2) is 5.38 Å². The molecular weight excluding hydrogens is 218 g/mol. The van der Waals surface area contributed by atoms with Gasteiger partial charge in [-0.1, -0.05) is 27.7 Å². The zero-order chi connectivity index (χ0) is 12.1. The second-order valence-corrected chi connectivity index (χ2v) is 6.16. The topological polar surface area (TPSA) is 33.1 Å². The summed E-state index contributed by atoms with van der Waals surface area (Å²) in [6, 6.07) is 0. The molecule has 0 spiro atoms. The number of rotatable bonds is 6. The molecule has 1 heterocycles. The maximum Gasteiger partial charge on any atom is 0.0931 e. The summed E-state index contributed by atoms with van der Waals surface area (Å²) in [5.74, 6) is 1.52. The van der Waals surface area contributed by atoms with Gasteiger partial charge in [0.1, 0.15) is 0 Å². The average Bonchev–Trinajstić information content (AvgIpc) is 2.60. The van der Waals surface area contributed by atoms with E-state index in [9.17, 15) is 5.11 Å². The van der Waals surface area contributed by atoms with Gasteiger partial charge in [0.25, 0.3) is 0 Å². The second kappa shape index (κ2) is 6.36. The van der Waals surface area contributed by atoms with E-state index < -0.39 is 0 Å². The number of hydrogen-bond donors (Lipinski definition) is 1. The standard InChI is InChI=1S/C13H23NOS/c1-9(2)5-12-8-16-13(14-12)6-11(7-15)10(3)4/h8-11,15H,5-7H2,1-4H3. The van der Waals surface area contributed by atoms with Crippen molar-refractivity contribution in [3.63, 3.8) is 0 Å². The summed E-state index contributed by atoms with van der Waals surface area (Å²) in [5.41, 5.74) is 1.20. The fourth-order valence-corrected chi connectivity index (χ4v) is 2.59. The van der Waals surface area contributed by atoms with Crippen molar-refractivity contribution < 1.29 is 5.11 Å². The Labute approximate surface area is 103 Å². The third-order valence-electron chi connectivity index (χ3n) is 2.83. The Hall–Kier alpha value is -0.410. The molecule has 0 amide bonds. The van der Waals surface area contributed by atoms with E-state index in [1.54, 1.807) is 11.3 Å². The number of aliphatic hydroxyl groups is 1. The molecule has 1 N–H and O–H groups in total. The third-order valence-corrected chi connectivity index (χ3v) is 3.75. The minimum atomic E-state index is 0.261. The minimum absolute atomic E-state index is 0.261. The summed E-state index contributed by atoms with van der Waals surface area (Å²) in [6.07, 6.45) is 1.97. The highest BCUT2D eigenvalue weighted by molar-refractivity contribution is 7.09. The van der Waals surface area contributed by atoms with Crippen LogP contribution < -0.4 is 0 Å². The van der Waals surface area contributed by atoms with Crippen LogP contribution >= 0.6 is 11.3 Å². The number of hydrogen-bond acceptors (Lipinski definition) is 3. The highest BCUT2D eigenvalue weighted by Gasteiger charge is 2.15. The van der Waals surface area contributed by atoms with Gasteiger partial charge in [-0.2, -0.15) is 0 Å². The molecule has 92 valence electrons. The van der Waals surface area contributed by atoms with Gasteiger partial charge in [0.2, 0.25) is 0 Å². The molecule has 1 unspecified atom stereocenters. The maximum absolute atomic E-state index is 9.29. The van der Waals surface area contributed by atoms with E-state index in [0.717, 1.165) is 12.8 Å². The van der Waals surface area contributed by atoms with Gasteiger partial charge in [-0.05, 0) is 24.2 Å². The van der Waals surface area contributed by atoms with Crippen LogP contribution in [-0.2, 0) is 12.8 Å². The molecule has 1 aromatic rings. The summed E-state index contributed by atoms with van der Waals surface area (Å²) in [5, 5.41) is 12.6. The Balaban J connectivity index is 2.57. The van der Waals surface area contributed by atoms with Crippen LogP contribution in [0.3, 0.4) is 0 Å². The summed E-state index contributed by atoms with van der Waals surface area (Å²) in [4.78, 5) is 4.63. The molecular formula is C13H23NOS. The van der Waals surface area contributed by atoms with Crippen LogP contribution in [0.4, 0.5) is 0 Å². The zero-order valence-corrected chi connectivity index (χ0v) is 11.5. The summed E-state index contributed by atoms with van der Waals surface area (Å²) in [7, 11) is 0. The van der Waals surface area contributed by atoms with E-state index in [2.05, 4.69) is 38.1 Å².